The van der Waals surface area contributed by atoms with Gasteiger partial charge in [0.15, 0.2) is 11.5 Å². The quantitative estimate of drug-likeness (QED) is 0.340. The molecule has 6 rings (SSSR count). The number of nitrogens with zero attached hydrogens (tertiary/aromatic N) is 3. The molecule has 0 saturated carbocycles. The smallest absolute Gasteiger partial charge is 0.375 e. The Kier molecular flexibility index (Phi) is 6.25. The van der Waals surface area contributed by atoms with E-state index >= 15 is 4.39 Å². The predicted octanol–water partition coefficient (Wildman–Crippen LogP) is 4.39. The van der Waals surface area contributed by atoms with Crippen molar-refractivity contribution >= 4 is 40.3 Å². The summed E-state index contributed by atoms with van der Waals surface area (Å²) in [6.45, 7) is 1.47. The minimum Gasteiger partial charge on any atom is -0.375 e. The molecular weight excluding hydrogens is 525 g/mol. The maximum absolute atomic E-state index is 15.2. The Balaban J connectivity index is 1.33. The summed E-state index contributed by atoms with van der Waals surface area (Å²) in [6, 6.07) is 15.9. The number of H-pyrrole nitrogens is 1. The molecule has 9 nitrogen and oxygen atoms in total. The Morgan fingerprint density at radius 3 is 2.87 bits per heavy atom. The SMILES string of the molecule is CN1CCC[C@H]1CNC(=O)Oc1nc2ccc(C3(O)c4ccccc4C(=O)N3c3cccc(Cl)c3F)cc2[nH]1. The number of anilines is 1. The van der Waals surface area contributed by atoms with Crippen LogP contribution in [0.4, 0.5) is 14.9 Å². The second-order valence-electron chi connectivity index (χ2n) is 9.75. The molecule has 1 unspecified atom stereocenters. The number of halogens is 2. The summed E-state index contributed by atoms with van der Waals surface area (Å²) in [7, 11) is 2.02. The average Bonchev–Trinajstić information content (AvgIpc) is 3.59. The van der Waals surface area contributed by atoms with Gasteiger partial charge in [-0.1, -0.05) is 41.9 Å². The molecule has 0 bridgehead atoms. The van der Waals surface area contributed by atoms with E-state index in [2.05, 4.69) is 20.2 Å². The van der Waals surface area contributed by atoms with Gasteiger partial charge < -0.3 is 25.0 Å². The number of rotatable bonds is 5. The average molecular weight is 550 g/mol. The molecule has 3 N–H and O–H groups in total. The third-order valence-corrected chi connectivity index (χ3v) is 7.73. The predicted molar refractivity (Wildman–Crippen MR) is 143 cm³/mol. The van der Waals surface area contributed by atoms with E-state index in [9.17, 15) is 14.7 Å². The van der Waals surface area contributed by atoms with Crippen molar-refractivity contribution in [3.63, 3.8) is 0 Å². The van der Waals surface area contributed by atoms with E-state index in [1.165, 1.54) is 18.2 Å². The molecule has 39 heavy (non-hydrogen) atoms. The first kappa shape index (κ1) is 25.3. The van der Waals surface area contributed by atoms with Crippen LogP contribution in [0.1, 0.15) is 34.3 Å². The molecule has 0 radical (unpaired) electrons. The lowest BCUT2D eigenvalue weighted by Crippen LogP contribution is -2.45. The number of amides is 2. The fourth-order valence-electron chi connectivity index (χ4n) is 5.41. The Morgan fingerprint density at radius 2 is 2.08 bits per heavy atom. The first-order valence-corrected chi connectivity index (χ1v) is 12.9. The minimum atomic E-state index is -2.05. The van der Waals surface area contributed by atoms with Crippen LogP contribution < -0.4 is 15.0 Å². The molecule has 0 aliphatic carbocycles. The lowest BCUT2D eigenvalue weighted by Gasteiger charge is -2.35. The highest BCUT2D eigenvalue weighted by atomic mass is 35.5. The molecule has 11 heteroatoms. The van der Waals surface area contributed by atoms with Crippen molar-refractivity contribution in [2.45, 2.75) is 24.6 Å². The number of fused-ring (bicyclic) bond motifs is 2. The molecular formula is C28H25ClFN5O4. The van der Waals surface area contributed by atoms with Gasteiger partial charge in [-0.25, -0.2) is 9.18 Å². The van der Waals surface area contributed by atoms with Gasteiger partial charge in [0.25, 0.3) is 5.91 Å². The second-order valence-corrected chi connectivity index (χ2v) is 10.2. The number of hydrogen-bond donors (Lipinski definition) is 3. The van der Waals surface area contributed by atoms with E-state index in [1.807, 2.05) is 7.05 Å². The zero-order chi connectivity index (χ0) is 27.3. The summed E-state index contributed by atoms with van der Waals surface area (Å²) in [4.78, 5) is 36.3. The molecule has 200 valence electrons. The maximum Gasteiger partial charge on any atom is 0.415 e. The summed E-state index contributed by atoms with van der Waals surface area (Å²) < 4.78 is 20.5. The molecule has 4 aromatic rings. The molecule has 0 spiro atoms. The third-order valence-electron chi connectivity index (χ3n) is 7.44. The van der Waals surface area contributed by atoms with E-state index in [4.69, 9.17) is 16.3 Å². The molecule has 1 aromatic heterocycles. The fraction of sp³-hybridized carbons (Fsp3) is 0.250. The Morgan fingerprint density at radius 1 is 1.26 bits per heavy atom. The van der Waals surface area contributed by atoms with Crippen molar-refractivity contribution in [3.8, 4) is 6.01 Å². The highest BCUT2D eigenvalue weighted by Gasteiger charge is 2.51. The van der Waals surface area contributed by atoms with Gasteiger partial charge in [-0.3, -0.25) is 9.69 Å². The van der Waals surface area contributed by atoms with Crippen molar-refractivity contribution in [1.82, 2.24) is 20.2 Å². The van der Waals surface area contributed by atoms with Gasteiger partial charge >= 0.3 is 12.1 Å². The molecule has 2 aliphatic rings. The molecule has 1 saturated heterocycles. The topological polar surface area (TPSA) is 111 Å². The fourth-order valence-corrected chi connectivity index (χ4v) is 5.58. The van der Waals surface area contributed by atoms with Crippen molar-refractivity contribution < 1.29 is 23.8 Å². The van der Waals surface area contributed by atoms with E-state index in [0.29, 0.717) is 23.1 Å². The normalized spacial score (nSPS) is 21.0. The van der Waals surface area contributed by atoms with Crippen molar-refractivity contribution in [2.75, 3.05) is 25.0 Å². The number of ether oxygens (including phenoxy) is 1. The summed E-state index contributed by atoms with van der Waals surface area (Å²) in [5, 5.41) is 14.8. The third kappa shape index (κ3) is 4.21. The first-order chi connectivity index (χ1) is 18.8. The number of aliphatic hydroxyl groups is 1. The van der Waals surface area contributed by atoms with E-state index in [-0.39, 0.29) is 33.9 Å². The number of imidazole rings is 1. The molecule has 3 aromatic carbocycles. The number of likely N-dealkylation sites (tertiary alicyclic amines) is 1. The first-order valence-electron chi connectivity index (χ1n) is 12.5. The van der Waals surface area contributed by atoms with Crippen LogP contribution in [0.2, 0.25) is 5.02 Å². The highest BCUT2D eigenvalue weighted by Crippen LogP contribution is 2.46. The van der Waals surface area contributed by atoms with Crippen LogP contribution in [0.5, 0.6) is 6.01 Å². The van der Waals surface area contributed by atoms with Gasteiger partial charge in [0.1, 0.15) is 0 Å². The standard InChI is InChI=1S/C28H25ClFN5O4/c1-34-13-5-6-17(34)15-31-27(37)39-26-32-21-12-11-16(14-22(21)33-26)28(38)19-8-3-2-7-18(19)25(36)35(28)23-10-4-9-20(29)24(23)30/h2-4,7-12,14,17,38H,5-6,13,15H2,1H3,(H,31,37)(H,32,33)/t17-,28?/m0/s1. The van der Waals surface area contributed by atoms with Gasteiger partial charge in [-0.15, -0.1) is 0 Å². The van der Waals surface area contributed by atoms with Crippen LogP contribution >= 0.6 is 11.6 Å². The van der Waals surface area contributed by atoms with Crippen molar-refractivity contribution in [2.24, 2.45) is 0 Å². The number of aromatic amines is 1. The summed E-state index contributed by atoms with van der Waals surface area (Å²) in [5.74, 6) is -1.40. The number of aromatic nitrogens is 2. The Labute approximate surface area is 228 Å². The molecule has 2 amide bonds. The summed E-state index contributed by atoms with van der Waals surface area (Å²) in [5.41, 5.74) is -0.495. The summed E-state index contributed by atoms with van der Waals surface area (Å²) >= 11 is 6.02. The molecule has 1 fully saturated rings. The van der Waals surface area contributed by atoms with Crippen LogP contribution in [0.15, 0.2) is 60.7 Å². The van der Waals surface area contributed by atoms with Gasteiger partial charge in [0.05, 0.1) is 21.7 Å². The van der Waals surface area contributed by atoms with Gasteiger partial charge in [-0.2, -0.15) is 4.98 Å². The minimum absolute atomic E-state index is 0.0212. The van der Waals surface area contributed by atoms with Crippen molar-refractivity contribution in [3.05, 3.63) is 88.2 Å². The van der Waals surface area contributed by atoms with Gasteiger partial charge in [0.2, 0.25) is 0 Å². The molecule has 2 atom stereocenters. The van der Waals surface area contributed by atoms with Gasteiger partial charge in [-0.05, 0) is 56.8 Å². The van der Waals surface area contributed by atoms with E-state index in [0.717, 1.165) is 24.3 Å². The lowest BCUT2D eigenvalue weighted by molar-refractivity contribution is 0.0699. The number of benzene rings is 3. The molecule has 3 heterocycles. The van der Waals surface area contributed by atoms with Crippen LogP contribution in [0.25, 0.3) is 11.0 Å². The van der Waals surface area contributed by atoms with E-state index in [1.54, 1.807) is 42.5 Å². The highest BCUT2D eigenvalue weighted by molar-refractivity contribution is 6.31. The van der Waals surface area contributed by atoms with Crippen molar-refractivity contribution in [1.29, 1.82) is 0 Å². The van der Waals surface area contributed by atoms with Gasteiger partial charge in [0, 0.05) is 29.3 Å². The largest absolute Gasteiger partial charge is 0.415 e. The number of nitrogens with one attached hydrogen (secondary N) is 2. The number of likely N-dealkylation sites (N-methyl/N-ethyl adjacent to an activating group) is 1. The monoisotopic (exact) mass is 549 g/mol. The Hall–Kier alpha value is -3.99. The van der Waals surface area contributed by atoms with Crippen LogP contribution in [0.3, 0.4) is 0 Å². The second kappa shape index (κ2) is 9.64. The number of carbonyl (C=O) groups is 2. The number of hydrogen-bond acceptors (Lipinski definition) is 6. The summed E-state index contributed by atoms with van der Waals surface area (Å²) in [6.07, 6.45) is 1.47. The zero-order valence-electron chi connectivity index (χ0n) is 20.9. The molecule has 2 aliphatic heterocycles. The van der Waals surface area contributed by atoms with Crippen LogP contribution in [0, 0.1) is 5.82 Å². The lowest BCUT2D eigenvalue weighted by atomic mass is 9.93. The Bertz CT molecular complexity index is 1610. The van der Waals surface area contributed by atoms with E-state index < -0.39 is 23.5 Å². The van der Waals surface area contributed by atoms with Crippen LogP contribution in [-0.4, -0.2) is 58.2 Å². The number of carbonyl (C=O) groups excluding carboxylic acids is 2. The maximum atomic E-state index is 15.2. The van der Waals surface area contributed by atoms with Crippen LogP contribution in [-0.2, 0) is 5.72 Å². The zero-order valence-corrected chi connectivity index (χ0v) is 21.7.